The molecule has 6 aromatic rings. The second kappa shape index (κ2) is 10.9. The van der Waals surface area contributed by atoms with Gasteiger partial charge in [0.05, 0.1) is 9.49 Å². The van der Waals surface area contributed by atoms with Gasteiger partial charge < -0.3 is 0 Å². The Hall–Kier alpha value is -3.81. The first-order valence-electron chi connectivity index (χ1n) is 15.6. The fraction of sp³-hybridized carbons (Fsp3) is 0.0952. The van der Waals surface area contributed by atoms with Crippen LogP contribution < -0.4 is 0 Å². The van der Waals surface area contributed by atoms with Crippen LogP contribution in [0.2, 0.25) is 0 Å². The van der Waals surface area contributed by atoms with Crippen LogP contribution in [0.15, 0.2) is 175 Å². The Bertz CT molecular complexity index is 1950. The molecule has 9 rings (SSSR count). The molecule has 216 valence electrons. The summed E-state index contributed by atoms with van der Waals surface area (Å²) in [6.07, 6.45) is 0.589. The molecule has 2 atom stereocenters. The van der Waals surface area contributed by atoms with E-state index in [4.69, 9.17) is 0 Å². The first-order chi connectivity index (χ1) is 22.3. The van der Waals surface area contributed by atoms with E-state index < -0.39 is 6.33 Å². The molecule has 45 heavy (non-hydrogen) atoms. The second-order valence-corrected chi connectivity index (χ2v) is 19.1. The van der Waals surface area contributed by atoms with E-state index in [1.54, 1.807) is 5.57 Å². The molecule has 2 aliphatic heterocycles. The molecule has 1 spiro atoms. The lowest BCUT2D eigenvalue weighted by Gasteiger charge is -2.55. The molecule has 2 heterocycles. The lowest BCUT2D eigenvalue weighted by molar-refractivity contribution is 0.624. The van der Waals surface area contributed by atoms with Crippen LogP contribution in [0, 0.1) is 0 Å². The molecule has 0 radical (unpaired) electrons. The highest BCUT2D eigenvalue weighted by atomic mass is 33.1. The zero-order chi connectivity index (χ0) is 29.8. The summed E-state index contributed by atoms with van der Waals surface area (Å²) >= 11 is 4.49. The van der Waals surface area contributed by atoms with Gasteiger partial charge in [-0.05, 0) is 55.7 Å². The van der Waals surface area contributed by atoms with Gasteiger partial charge in [-0.2, -0.15) is 0 Å². The predicted molar refractivity (Wildman–Crippen MR) is 196 cm³/mol. The minimum Gasteiger partial charge on any atom is -0.105 e. The maximum absolute atomic E-state index is 2.41. The first kappa shape index (κ1) is 27.5. The van der Waals surface area contributed by atoms with Crippen molar-refractivity contribution in [1.82, 2.24) is 0 Å². The van der Waals surface area contributed by atoms with Crippen molar-refractivity contribution in [3.63, 3.8) is 0 Å². The van der Waals surface area contributed by atoms with Crippen molar-refractivity contribution in [1.29, 1.82) is 0 Å². The summed E-state index contributed by atoms with van der Waals surface area (Å²) < 4.78 is -0.539. The quantitative estimate of drug-likeness (QED) is 0.178. The molecule has 0 N–H and O–H groups in total. The minimum atomic E-state index is -0.524. The molecule has 3 aliphatic rings. The van der Waals surface area contributed by atoms with Crippen molar-refractivity contribution in [3.05, 3.63) is 209 Å². The van der Waals surface area contributed by atoms with E-state index in [2.05, 4.69) is 193 Å². The van der Waals surface area contributed by atoms with Crippen LogP contribution in [0.1, 0.15) is 39.3 Å². The second-order valence-electron chi connectivity index (χ2n) is 12.0. The number of hydrogen-bond acceptors (Lipinski definition) is 2. The Balaban J connectivity index is 1.45. The van der Waals surface area contributed by atoms with Gasteiger partial charge in [-0.1, -0.05) is 170 Å². The van der Waals surface area contributed by atoms with Crippen LogP contribution in [0.4, 0.5) is 0 Å². The largest absolute Gasteiger partial charge is 0.105 e. The summed E-state index contributed by atoms with van der Waals surface area (Å²) in [5.41, 5.74) is 14.2. The lowest BCUT2D eigenvalue weighted by Crippen LogP contribution is -2.40. The summed E-state index contributed by atoms with van der Waals surface area (Å²) in [6.45, 7) is 0. The fourth-order valence-corrected chi connectivity index (χ4v) is 18.6. The van der Waals surface area contributed by atoms with Gasteiger partial charge in [-0.3, -0.25) is 0 Å². The summed E-state index contributed by atoms with van der Waals surface area (Å²) in [4.78, 5) is 0. The molecule has 6 aromatic carbocycles. The lowest BCUT2D eigenvalue weighted by atomic mass is 9.69. The van der Waals surface area contributed by atoms with Crippen molar-refractivity contribution in [2.75, 3.05) is 6.16 Å². The van der Waals surface area contributed by atoms with E-state index >= 15 is 0 Å². The number of allylic oxidation sites excluding steroid dienone is 1. The third-order valence-electron chi connectivity index (χ3n) is 9.72. The molecule has 1 aliphatic carbocycles. The molecule has 1 unspecified atom stereocenters. The Morgan fingerprint density at radius 1 is 0.489 bits per heavy atom. The number of benzene rings is 6. The standard InChI is InChI=1S/C42H31PS2/c1-5-17-30(18-6-1)39-36-29-43(44-41(39,32-21-9-3-10-22-32)33-23-11-4-12-24-33)45-42(40(36)31-19-7-2-8-20-31)37-27-15-13-25-34(37)35-26-14-16-28-38(35)42/h1-28,39H,29H2/t39-,43?/m1/s1. The number of hydrogen-bond donors (Lipinski definition) is 0. The SMILES string of the molecule is c1ccc(C2=C3CP(SC24c2ccccc2-c2ccccc24)SC(c2ccccc2)(c2ccccc2)[C@@H]3c2ccccc2)cc1. The molecule has 2 bridgehead atoms. The van der Waals surface area contributed by atoms with Crippen molar-refractivity contribution < 1.29 is 0 Å². The van der Waals surface area contributed by atoms with Crippen LogP contribution in [0.5, 0.6) is 0 Å². The Morgan fingerprint density at radius 2 is 0.956 bits per heavy atom. The Kier molecular flexibility index (Phi) is 6.67. The van der Waals surface area contributed by atoms with E-state index in [0.717, 1.165) is 6.16 Å². The van der Waals surface area contributed by atoms with Gasteiger partial charge in [0.2, 0.25) is 0 Å². The molecular formula is C42H31PS2. The van der Waals surface area contributed by atoms with Gasteiger partial charge in [-0.15, -0.1) is 22.8 Å². The molecule has 0 saturated carbocycles. The van der Waals surface area contributed by atoms with E-state index in [-0.39, 0.29) is 15.4 Å². The van der Waals surface area contributed by atoms with Gasteiger partial charge in [0.1, 0.15) is 0 Å². The van der Waals surface area contributed by atoms with Crippen LogP contribution in [0.25, 0.3) is 16.7 Å². The molecule has 1 fully saturated rings. The zero-order valence-electron chi connectivity index (χ0n) is 24.7. The highest BCUT2D eigenvalue weighted by molar-refractivity contribution is 8.89. The van der Waals surface area contributed by atoms with Gasteiger partial charge >= 0.3 is 0 Å². The molecule has 3 heteroatoms. The minimum absolute atomic E-state index is 0.153. The highest BCUT2D eigenvalue weighted by Crippen LogP contribution is 2.86. The maximum atomic E-state index is 2.41. The molecule has 1 saturated heterocycles. The predicted octanol–water partition coefficient (Wildman–Crippen LogP) is 11.9. The van der Waals surface area contributed by atoms with Crippen LogP contribution >= 0.6 is 29.1 Å². The van der Waals surface area contributed by atoms with Crippen molar-refractivity contribution in [2.24, 2.45) is 0 Å². The van der Waals surface area contributed by atoms with Crippen LogP contribution in [0.3, 0.4) is 0 Å². The summed E-state index contributed by atoms with van der Waals surface area (Å²) in [7, 11) is 0. The molecular weight excluding hydrogens is 600 g/mol. The van der Waals surface area contributed by atoms with Crippen molar-refractivity contribution in [2.45, 2.75) is 15.4 Å². The Morgan fingerprint density at radius 3 is 1.51 bits per heavy atom. The van der Waals surface area contributed by atoms with Gasteiger partial charge in [-0.25, -0.2) is 0 Å². The normalized spacial score (nSPS) is 20.4. The smallest absolute Gasteiger partial charge is 0.0974 e. The van der Waals surface area contributed by atoms with Crippen molar-refractivity contribution in [3.8, 4) is 11.1 Å². The molecule has 0 amide bonds. The average molecular weight is 631 g/mol. The topological polar surface area (TPSA) is 0 Å². The molecule has 0 aromatic heterocycles. The van der Waals surface area contributed by atoms with Gasteiger partial charge in [0.15, 0.2) is 0 Å². The highest BCUT2D eigenvalue weighted by Gasteiger charge is 2.60. The van der Waals surface area contributed by atoms with E-state index in [0.29, 0.717) is 0 Å². The number of rotatable bonds is 4. The number of fused-ring (bicyclic) bond motifs is 7. The van der Waals surface area contributed by atoms with Crippen LogP contribution in [-0.2, 0) is 9.49 Å². The maximum Gasteiger partial charge on any atom is 0.0974 e. The zero-order valence-corrected chi connectivity index (χ0v) is 27.2. The third-order valence-corrected chi connectivity index (χ3v) is 17.7. The van der Waals surface area contributed by atoms with E-state index in [1.165, 1.54) is 50.1 Å². The summed E-state index contributed by atoms with van der Waals surface area (Å²) in [6, 6.07) is 63.8. The average Bonchev–Trinajstić information content (AvgIpc) is 3.39. The third kappa shape index (κ3) is 4.06. The van der Waals surface area contributed by atoms with Crippen molar-refractivity contribution >= 4 is 34.7 Å². The van der Waals surface area contributed by atoms with Gasteiger partial charge in [0.25, 0.3) is 0 Å². The van der Waals surface area contributed by atoms with E-state index in [9.17, 15) is 0 Å². The summed E-state index contributed by atoms with van der Waals surface area (Å²) in [5.74, 6) is 0.153. The van der Waals surface area contributed by atoms with E-state index in [1.807, 2.05) is 0 Å². The summed E-state index contributed by atoms with van der Waals surface area (Å²) in [5, 5.41) is 0. The van der Waals surface area contributed by atoms with Gasteiger partial charge in [0, 0.05) is 18.4 Å². The Labute approximate surface area is 274 Å². The monoisotopic (exact) mass is 630 g/mol. The van der Waals surface area contributed by atoms with Crippen LogP contribution in [-0.4, -0.2) is 6.16 Å². The fourth-order valence-electron chi connectivity index (χ4n) is 8.03. The molecule has 0 nitrogen and oxygen atoms in total. The first-order valence-corrected chi connectivity index (χ1v) is 20.0.